The number of benzene rings is 1. The van der Waals surface area contributed by atoms with Gasteiger partial charge in [0.05, 0.1) is 17.9 Å². The first-order chi connectivity index (χ1) is 10.4. The maximum absolute atomic E-state index is 13.8. The molecule has 0 saturated heterocycles. The van der Waals surface area contributed by atoms with Crippen LogP contribution in [0.1, 0.15) is 16.1 Å². The van der Waals surface area contributed by atoms with Crippen LogP contribution in [0.5, 0.6) is 11.5 Å². The number of phenols is 2. The molecule has 2 rings (SSSR count). The predicted molar refractivity (Wildman–Crippen MR) is 79.8 cm³/mol. The van der Waals surface area contributed by atoms with Gasteiger partial charge >= 0.3 is 5.97 Å². The number of rotatable bonds is 5. The molecule has 0 bridgehead atoms. The molecule has 1 heterocycles. The minimum atomic E-state index is -0.987. The molecule has 5 nitrogen and oxygen atoms in total. The summed E-state index contributed by atoms with van der Waals surface area (Å²) >= 11 is 0.967. The lowest BCUT2D eigenvalue weighted by Crippen LogP contribution is -2.17. The Morgan fingerprint density at radius 1 is 1.45 bits per heavy atom. The number of carbonyl (C=O) groups is 2. The monoisotopic (exact) mass is 324 g/mol. The molecule has 0 aliphatic rings. The van der Waals surface area contributed by atoms with Gasteiger partial charge in [0.1, 0.15) is 0 Å². The summed E-state index contributed by atoms with van der Waals surface area (Å²) in [7, 11) is 1.21. The number of ketones is 1. The summed E-state index contributed by atoms with van der Waals surface area (Å²) in [6, 6.07) is 2.47. The van der Waals surface area contributed by atoms with Gasteiger partial charge in [0, 0.05) is 22.6 Å². The molecule has 116 valence electrons. The van der Waals surface area contributed by atoms with E-state index in [0.717, 1.165) is 11.3 Å². The Morgan fingerprint density at radius 3 is 2.73 bits per heavy atom. The van der Waals surface area contributed by atoms with Crippen LogP contribution in [0.4, 0.5) is 4.39 Å². The lowest BCUT2D eigenvalue weighted by atomic mass is 10.0. The first kappa shape index (κ1) is 16.0. The van der Waals surface area contributed by atoms with Crippen molar-refractivity contribution in [3.05, 3.63) is 35.5 Å². The van der Waals surface area contributed by atoms with E-state index in [4.69, 9.17) is 0 Å². The molecule has 0 aliphatic carbocycles. The van der Waals surface area contributed by atoms with Gasteiger partial charge in [0.2, 0.25) is 0 Å². The molecule has 0 saturated carbocycles. The van der Waals surface area contributed by atoms with Crippen LogP contribution in [0.15, 0.2) is 24.8 Å². The average molecular weight is 324 g/mol. The molecule has 0 fully saturated rings. The summed E-state index contributed by atoms with van der Waals surface area (Å²) < 4.78 is 18.7. The van der Waals surface area contributed by atoms with E-state index in [9.17, 15) is 24.2 Å². The highest BCUT2D eigenvalue weighted by atomic mass is 32.1. The number of Topliss-reactive ketones (excluding diaryl/α,β-unsaturated/α-hetero) is 1. The Balaban J connectivity index is 2.35. The zero-order chi connectivity index (χ0) is 16.4. The van der Waals surface area contributed by atoms with Gasteiger partial charge in [-0.1, -0.05) is 6.08 Å². The minimum Gasteiger partial charge on any atom is -0.504 e. The molecule has 0 aliphatic heterocycles. The van der Waals surface area contributed by atoms with Crippen LogP contribution in [0.3, 0.4) is 0 Å². The molecular formula is C15H13FO5S. The lowest BCUT2D eigenvalue weighted by Gasteiger charge is -2.07. The van der Waals surface area contributed by atoms with Crippen molar-refractivity contribution in [3.8, 4) is 11.5 Å². The Kier molecular flexibility index (Phi) is 4.46. The smallest absolute Gasteiger partial charge is 0.312 e. The summed E-state index contributed by atoms with van der Waals surface area (Å²) in [5.41, 5.74) is 0. The van der Waals surface area contributed by atoms with E-state index in [2.05, 4.69) is 11.3 Å². The number of fused-ring (bicyclic) bond motifs is 1. The minimum absolute atomic E-state index is 0.0388. The number of esters is 1. The van der Waals surface area contributed by atoms with Gasteiger partial charge in [-0.05, 0) is 6.07 Å². The standard InChI is InChI=1S/C15H13FO5S/c1-3-7(15(20)21-2)4-9(17)12-5-8-11(22-12)6-10(18)14(19)13(8)16/h3,5-7,18-19H,1,4H2,2H3/t7-/m0/s1. The Hall–Kier alpha value is -2.41. The van der Waals surface area contributed by atoms with Crippen molar-refractivity contribution in [2.45, 2.75) is 6.42 Å². The zero-order valence-electron chi connectivity index (χ0n) is 11.6. The van der Waals surface area contributed by atoms with Crippen LogP contribution in [-0.4, -0.2) is 29.1 Å². The van der Waals surface area contributed by atoms with Crippen LogP contribution in [0, 0.1) is 11.7 Å². The molecule has 1 aromatic heterocycles. The van der Waals surface area contributed by atoms with Crippen molar-refractivity contribution >= 4 is 33.2 Å². The van der Waals surface area contributed by atoms with Gasteiger partial charge in [-0.15, -0.1) is 17.9 Å². The molecule has 0 amide bonds. The van der Waals surface area contributed by atoms with E-state index in [-0.39, 0.29) is 22.5 Å². The number of methoxy groups -OCH3 is 1. The molecule has 1 aromatic carbocycles. The molecule has 2 aromatic rings. The summed E-state index contributed by atoms with van der Waals surface area (Å²) in [6.45, 7) is 3.48. The number of ether oxygens (including phenoxy) is 1. The summed E-state index contributed by atoms with van der Waals surface area (Å²) in [5, 5.41) is 18.8. The van der Waals surface area contributed by atoms with E-state index in [0.29, 0.717) is 4.70 Å². The van der Waals surface area contributed by atoms with Gasteiger partial charge in [-0.25, -0.2) is 4.39 Å². The molecule has 0 radical (unpaired) electrons. The fraction of sp³-hybridized carbons (Fsp3) is 0.200. The van der Waals surface area contributed by atoms with Crippen LogP contribution < -0.4 is 0 Å². The highest BCUT2D eigenvalue weighted by Gasteiger charge is 2.23. The molecule has 1 atom stereocenters. The van der Waals surface area contributed by atoms with E-state index in [1.54, 1.807) is 0 Å². The van der Waals surface area contributed by atoms with Crippen molar-refractivity contribution in [2.24, 2.45) is 5.92 Å². The summed E-state index contributed by atoms with van der Waals surface area (Å²) in [4.78, 5) is 23.9. The predicted octanol–water partition coefficient (Wildman–Crippen LogP) is 3.00. The van der Waals surface area contributed by atoms with Crippen molar-refractivity contribution in [1.82, 2.24) is 0 Å². The highest BCUT2D eigenvalue weighted by molar-refractivity contribution is 7.20. The van der Waals surface area contributed by atoms with Crippen molar-refractivity contribution in [1.29, 1.82) is 0 Å². The number of hydrogen-bond donors (Lipinski definition) is 2. The highest BCUT2D eigenvalue weighted by Crippen LogP contribution is 2.38. The fourth-order valence-electron chi connectivity index (χ4n) is 1.97. The second kappa shape index (κ2) is 6.15. The third-order valence-electron chi connectivity index (χ3n) is 3.18. The number of phenolic OH excluding ortho intramolecular Hbond substituents is 2. The van der Waals surface area contributed by atoms with Crippen LogP contribution in [-0.2, 0) is 9.53 Å². The second-order valence-electron chi connectivity index (χ2n) is 4.57. The van der Waals surface area contributed by atoms with Crippen LogP contribution in [0.2, 0.25) is 0 Å². The third-order valence-corrected chi connectivity index (χ3v) is 4.31. The van der Waals surface area contributed by atoms with Gasteiger partial charge in [0.25, 0.3) is 0 Å². The van der Waals surface area contributed by atoms with E-state index < -0.39 is 29.2 Å². The molecule has 0 unspecified atom stereocenters. The maximum Gasteiger partial charge on any atom is 0.312 e. The largest absolute Gasteiger partial charge is 0.504 e. The first-order valence-electron chi connectivity index (χ1n) is 6.26. The molecular weight excluding hydrogens is 311 g/mol. The maximum atomic E-state index is 13.8. The fourth-order valence-corrected chi connectivity index (χ4v) is 3.01. The molecule has 22 heavy (non-hydrogen) atoms. The van der Waals surface area contributed by atoms with Gasteiger partial charge in [0.15, 0.2) is 23.1 Å². The van der Waals surface area contributed by atoms with Crippen LogP contribution >= 0.6 is 11.3 Å². The molecule has 2 N–H and O–H groups in total. The van der Waals surface area contributed by atoms with Crippen molar-refractivity contribution < 1.29 is 28.9 Å². The number of carbonyl (C=O) groups excluding carboxylic acids is 2. The normalized spacial score (nSPS) is 12.1. The van der Waals surface area contributed by atoms with Crippen molar-refractivity contribution in [2.75, 3.05) is 7.11 Å². The summed E-state index contributed by atoms with van der Waals surface area (Å²) in [5.74, 6) is -4.18. The van der Waals surface area contributed by atoms with Crippen LogP contribution in [0.25, 0.3) is 10.1 Å². The lowest BCUT2D eigenvalue weighted by molar-refractivity contribution is -0.143. The quantitative estimate of drug-likeness (QED) is 0.382. The van der Waals surface area contributed by atoms with E-state index >= 15 is 0 Å². The number of halogens is 1. The average Bonchev–Trinajstić information content (AvgIpc) is 2.93. The van der Waals surface area contributed by atoms with Crippen molar-refractivity contribution in [3.63, 3.8) is 0 Å². The topological polar surface area (TPSA) is 83.8 Å². The number of aromatic hydroxyl groups is 2. The Bertz CT molecular complexity index is 765. The summed E-state index contributed by atoms with van der Waals surface area (Å²) in [6.07, 6.45) is 1.16. The first-order valence-corrected chi connectivity index (χ1v) is 7.08. The Labute approximate surface area is 129 Å². The van der Waals surface area contributed by atoms with Gasteiger partial charge in [-0.3, -0.25) is 9.59 Å². The Morgan fingerprint density at radius 2 is 2.14 bits per heavy atom. The third kappa shape index (κ3) is 2.80. The molecule has 7 heteroatoms. The van der Waals surface area contributed by atoms with Gasteiger partial charge < -0.3 is 14.9 Å². The second-order valence-corrected chi connectivity index (χ2v) is 5.66. The number of hydrogen-bond acceptors (Lipinski definition) is 6. The van der Waals surface area contributed by atoms with E-state index in [1.165, 1.54) is 25.3 Å². The van der Waals surface area contributed by atoms with E-state index in [1.807, 2.05) is 0 Å². The zero-order valence-corrected chi connectivity index (χ0v) is 12.4. The SMILES string of the molecule is C=C[C@@H](CC(=O)c1cc2c(F)c(O)c(O)cc2s1)C(=O)OC. The van der Waals surface area contributed by atoms with Gasteiger partial charge in [-0.2, -0.15) is 0 Å². The number of thiophene rings is 1. The molecule has 0 spiro atoms.